The highest BCUT2D eigenvalue weighted by atomic mass is 16.5. The highest BCUT2D eigenvalue weighted by Gasteiger charge is 2.41. The second-order valence-corrected chi connectivity index (χ2v) is 5.39. The van der Waals surface area contributed by atoms with Crippen LogP contribution in [0.25, 0.3) is 0 Å². The molecule has 1 amide bonds. The SMILES string of the molecule is COC(=O)c1c(N)ccc2c1N(C(C)=O)C[C@H]1OCCC21. The predicted molar refractivity (Wildman–Crippen MR) is 77.3 cm³/mol. The number of nitrogens with two attached hydrogens (primary N) is 1. The van der Waals surface area contributed by atoms with Gasteiger partial charge in [-0.1, -0.05) is 6.07 Å². The smallest absolute Gasteiger partial charge is 0.342 e. The first-order chi connectivity index (χ1) is 10.0. The van der Waals surface area contributed by atoms with Gasteiger partial charge in [0.2, 0.25) is 5.91 Å². The molecule has 0 aliphatic carbocycles. The van der Waals surface area contributed by atoms with Gasteiger partial charge in [0.15, 0.2) is 0 Å². The van der Waals surface area contributed by atoms with Gasteiger partial charge in [-0.15, -0.1) is 0 Å². The van der Waals surface area contributed by atoms with Crippen molar-refractivity contribution in [3.05, 3.63) is 23.3 Å². The number of hydrogen-bond acceptors (Lipinski definition) is 5. The highest BCUT2D eigenvalue weighted by molar-refractivity contribution is 6.07. The van der Waals surface area contributed by atoms with E-state index in [1.807, 2.05) is 6.07 Å². The van der Waals surface area contributed by atoms with Gasteiger partial charge in [-0.05, 0) is 18.1 Å². The second-order valence-electron chi connectivity index (χ2n) is 5.39. The zero-order chi connectivity index (χ0) is 15.1. The van der Waals surface area contributed by atoms with Crippen LogP contribution in [0.5, 0.6) is 0 Å². The normalized spacial score (nSPS) is 23.4. The molecule has 112 valence electrons. The van der Waals surface area contributed by atoms with E-state index in [9.17, 15) is 9.59 Å². The summed E-state index contributed by atoms with van der Waals surface area (Å²) < 4.78 is 10.5. The molecule has 2 heterocycles. The summed E-state index contributed by atoms with van der Waals surface area (Å²) in [6.45, 7) is 2.59. The van der Waals surface area contributed by atoms with Crippen LogP contribution in [0.2, 0.25) is 0 Å². The van der Waals surface area contributed by atoms with Crippen molar-refractivity contribution in [2.75, 3.05) is 30.9 Å². The van der Waals surface area contributed by atoms with Gasteiger partial charge in [0.25, 0.3) is 0 Å². The molecule has 1 unspecified atom stereocenters. The van der Waals surface area contributed by atoms with E-state index in [2.05, 4.69) is 0 Å². The second kappa shape index (κ2) is 5.04. The topological polar surface area (TPSA) is 81.9 Å². The van der Waals surface area contributed by atoms with E-state index in [0.717, 1.165) is 12.0 Å². The Hall–Kier alpha value is -2.08. The summed E-state index contributed by atoms with van der Waals surface area (Å²) in [5.41, 5.74) is 8.07. The third-order valence-electron chi connectivity index (χ3n) is 4.25. The standard InChI is InChI=1S/C15H18N2O4/c1-8(18)17-7-12-9(5-6-21-12)10-3-4-11(16)13(14(10)17)15(19)20-2/h3-4,9,12H,5-7,16H2,1-2H3/t9?,12-/m1/s1. The van der Waals surface area contributed by atoms with Gasteiger partial charge in [0.1, 0.15) is 5.56 Å². The number of nitrogen functional groups attached to an aromatic ring is 1. The number of amides is 1. The molecule has 21 heavy (non-hydrogen) atoms. The molecule has 0 saturated carbocycles. The molecule has 0 spiro atoms. The third kappa shape index (κ3) is 2.06. The van der Waals surface area contributed by atoms with Gasteiger partial charge in [-0.2, -0.15) is 0 Å². The molecule has 1 fully saturated rings. The van der Waals surface area contributed by atoms with Crippen LogP contribution >= 0.6 is 0 Å². The number of anilines is 2. The fourth-order valence-corrected chi connectivity index (χ4v) is 3.27. The van der Waals surface area contributed by atoms with Crippen molar-refractivity contribution in [3.63, 3.8) is 0 Å². The van der Waals surface area contributed by atoms with Crippen LogP contribution < -0.4 is 10.6 Å². The molecule has 6 heteroatoms. The van der Waals surface area contributed by atoms with Crippen LogP contribution in [0.1, 0.15) is 35.2 Å². The molecule has 0 aromatic heterocycles. The van der Waals surface area contributed by atoms with Crippen molar-refractivity contribution in [3.8, 4) is 0 Å². The Morgan fingerprint density at radius 2 is 2.19 bits per heavy atom. The molecule has 0 radical (unpaired) electrons. The molecule has 3 rings (SSSR count). The third-order valence-corrected chi connectivity index (χ3v) is 4.25. The summed E-state index contributed by atoms with van der Waals surface area (Å²) in [6.07, 6.45) is 0.865. The Morgan fingerprint density at radius 1 is 1.43 bits per heavy atom. The molecule has 1 saturated heterocycles. The molecule has 2 atom stereocenters. The van der Waals surface area contributed by atoms with Crippen LogP contribution in [-0.4, -0.2) is 38.2 Å². The lowest BCUT2D eigenvalue weighted by Gasteiger charge is -2.37. The molecule has 2 aliphatic heterocycles. The Kier molecular flexibility index (Phi) is 3.33. The number of carbonyl (C=O) groups excluding carboxylic acids is 2. The van der Waals surface area contributed by atoms with Crippen LogP contribution in [0.4, 0.5) is 11.4 Å². The van der Waals surface area contributed by atoms with E-state index < -0.39 is 5.97 Å². The number of ether oxygens (including phenoxy) is 2. The van der Waals surface area contributed by atoms with Gasteiger partial charge in [0.05, 0.1) is 25.4 Å². The van der Waals surface area contributed by atoms with Crippen molar-refractivity contribution >= 4 is 23.3 Å². The fraction of sp³-hybridized carbons (Fsp3) is 0.467. The Balaban J connectivity index is 2.23. The quantitative estimate of drug-likeness (QED) is 0.622. The van der Waals surface area contributed by atoms with Gasteiger partial charge < -0.3 is 20.1 Å². The van der Waals surface area contributed by atoms with E-state index in [0.29, 0.717) is 24.5 Å². The molecule has 1 aromatic rings. The zero-order valence-electron chi connectivity index (χ0n) is 12.1. The molecule has 2 N–H and O–H groups in total. The molecule has 0 bridgehead atoms. The number of benzene rings is 1. The maximum absolute atomic E-state index is 12.1. The number of fused-ring (bicyclic) bond motifs is 3. The maximum atomic E-state index is 12.1. The number of hydrogen-bond donors (Lipinski definition) is 1. The van der Waals surface area contributed by atoms with Crippen molar-refractivity contribution in [1.82, 2.24) is 0 Å². The van der Waals surface area contributed by atoms with E-state index in [1.165, 1.54) is 14.0 Å². The van der Waals surface area contributed by atoms with Crippen molar-refractivity contribution < 1.29 is 19.1 Å². The van der Waals surface area contributed by atoms with Crippen LogP contribution in [-0.2, 0) is 14.3 Å². The van der Waals surface area contributed by atoms with E-state index in [-0.39, 0.29) is 23.5 Å². The van der Waals surface area contributed by atoms with Gasteiger partial charge in [-0.25, -0.2) is 4.79 Å². The lowest BCUT2D eigenvalue weighted by atomic mass is 9.85. The minimum atomic E-state index is -0.520. The maximum Gasteiger partial charge on any atom is 0.342 e. The van der Waals surface area contributed by atoms with Crippen LogP contribution in [0.15, 0.2) is 12.1 Å². The molecule has 2 aliphatic rings. The number of carbonyl (C=O) groups is 2. The Morgan fingerprint density at radius 3 is 2.86 bits per heavy atom. The number of methoxy groups -OCH3 is 1. The van der Waals surface area contributed by atoms with E-state index in [4.69, 9.17) is 15.2 Å². The number of rotatable bonds is 1. The molecule has 6 nitrogen and oxygen atoms in total. The summed E-state index contributed by atoms with van der Waals surface area (Å²) in [4.78, 5) is 25.7. The first kappa shape index (κ1) is 13.9. The van der Waals surface area contributed by atoms with Crippen molar-refractivity contribution in [2.24, 2.45) is 0 Å². The lowest BCUT2D eigenvalue weighted by Crippen LogP contribution is -2.43. The summed E-state index contributed by atoms with van der Waals surface area (Å²) in [5, 5.41) is 0. The molecular weight excluding hydrogens is 272 g/mol. The predicted octanol–water partition coefficient (Wildman–Crippen LogP) is 1.29. The monoisotopic (exact) mass is 290 g/mol. The minimum absolute atomic E-state index is 0.0180. The van der Waals surface area contributed by atoms with Crippen LogP contribution in [0, 0.1) is 0 Å². The molecular formula is C15H18N2O4. The van der Waals surface area contributed by atoms with Gasteiger partial charge in [0, 0.05) is 25.1 Å². The summed E-state index contributed by atoms with van der Waals surface area (Å²) >= 11 is 0. The lowest BCUT2D eigenvalue weighted by molar-refractivity contribution is -0.117. The average molecular weight is 290 g/mol. The van der Waals surface area contributed by atoms with Crippen molar-refractivity contribution in [1.29, 1.82) is 0 Å². The van der Waals surface area contributed by atoms with Crippen molar-refractivity contribution in [2.45, 2.75) is 25.4 Å². The largest absolute Gasteiger partial charge is 0.465 e. The fourth-order valence-electron chi connectivity index (χ4n) is 3.27. The minimum Gasteiger partial charge on any atom is -0.465 e. The first-order valence-corrected chi connectivity index (χ1v) is 6.95. The van der Waals surface area contributed by atoms with E-state index in [1.54, 1.807) is 11.0 Å². The zero-order valence-corrected chi connectivity index (χ0v) is 12.1. The Bertz CT molecular complexity index is 614. The average Bonchev–Trinajstić information content (AvgIpc) is 2.93. The van der Waals surface area contributed by atoms with Gasteiger partial charge >= 0.3 is 5.97 Å². The molecule has 1 aromatic carbocycles. The number of nitrogens with zero attached hydrogens (tertiary/aromatic N) is 1. The van der Waals surface area contributed by atoms with Crippen LogP contribution in [0.3, 0.4) is 0 Å². The highest BCUT2D eigenvalue weighted by Crippen LogP contribution is 2.45. The summed E-state index contributed by atoms with van der Waals surface area (Å²) in [6, 6.07) is 3.59. The van der Waals surface area contributed by atoms with Gasteiger partial charge in [-0.3, -0.25) is 4.79 Å². The summed E-state index contributed by atoms with van der Waals surface area (Å²) in [5.74, 6) is -0.464. The first-order valence-electron chi connectivity index (χ1n) is 6.95. The Labute approximate surface area is 122 Å². The summed E-state index contributed by atoms with van der Waals surface area (Å²) in [7, 11) is 1.31. The van der Waals surface area contributed by atoms with E-state index >= 15 is 0 Å². The number of esters is 1.